The SMILES string of the molecule is CCN(CC(=O)Nc1cccc(OC)c1)C(=O)C(C)S(=O)(=O)c1ccc(F)cc1. The van der Waals surface area contributed by atoms with Gasteiger partial charge in [0, 0.05) is 18.3 Å². The van der Waals surface area contributed by atoms with Gasteiger partial charge < -0.3 is 15.0 Å². The molecular weight excluding hydrogens is 399 g/mol. The fraction of sp³-hybridized carbons (Fsp3) is 0.300. The molecule has 0 bridgehead atoms. The van der Waals surface area contributed by atoms with Crippen molar-refractivity contribution in [3.8, 4) is 5.75 Å². The summed E-state index contributed by atoms with van der Waals surface area (Å²) < 4.78 is 43.5. The third-order valence-electron chi connectivity index (χ3n) is 4.34. The summed E-state index contributed by atoms with van der Waals surface area (Å²) in [4.78, 5) is 26.0. The van der Waals surface area contributed by atoms with Crippen LogP contribution in [0.25, 0.3) is 0 Å². The number of benzene rings is 2. The van der Waals surface area contributed by atoms with Crippen molar-refractivity contribution in [2.75, 3.05) is 25.5 Å². The van der Waals surface area contributed by atoms with Gasteiger partial charge in [0.25, 0.3) is 0 Å². The van der Waals surface area contributed by atoms with Gasteiger partial charge in [-0.05, 0) is 50.2 Å². The number of rotatable bonds is 8. The highest BCUT2D eigenvalue weighted by atomic mass is 32.2. The highest BCUT2D eigenvalue weighted by Gasteiger charge is 2.33. The topological polar surface area (TPSA) is 92.8 Å². The van der Waals surface area contributed by atoms with Gasteiger partial charge in [0.05, 0.1) is 18.6 Å². The Hall–Kier alpha value is -2.94. The van der Waals surface area contributed by atoms with Gasteiger partial charge in [-0.15, -0.1) is 0 Å². The molecule has 2 rings (SSSR count). The lowest BCUT2D eigenvalue weighted by Gasteiger charge is -2.24. The van der Waals surface area contributed by atoms with Crippen LogP contribution >= 0.6 is 0 Å². The molecule has 1 unspecified atom stereocenters. The van der Waals surface area contributed by atoms with Crippen LogP contribution in [0.5, 0.6) is 5.75 Å². The maximum atomic E-state index is 13.1. The number of hydrogen-bond acceptors (Lipinski definition) is 5. The van der Waals surface area contributed by atoms with Gasteiger partial charge in [0.15, 0.2) is 9.84 Å². The number of nitrogens with zero attached hydrogens (tertiary/aromatic N) is 1. The average Bonchev–Trinajstić information content (AvgIpc) is 2.71. The Bertz CT molecular complexity index is 977. The lowest BCUT2D eigenvalue weighted by molar-refractivity contribution is -0.133. The van der Waals surface area contributed by atoms with Crippen LogP contribution in [-0.2, 0) is 19.4 Å². The van der Waals surface area contributed by atoms with Crippen molar-refractivity contribution in [1.29, 1.82) is 0 Å². The number of likely N-dealkylation sites (N-methyl/N-ethyl adjacent to an activating group) is 1. The molecular formula is C20H23FN2O5S. The van der Waals surface area contributed by atoms with Crippen molar-refractivity contribution < 1.29 is 27.1 Å². The number of nitrogens with one attached hydrogen (secondary N) is 1. The summed E-state index contributed by atoms with van der Waals surface area (Å²) in [5, 5.41) is 1.23. The van der Waals surface area contributed by atoms with Crippen LogP contribution in [0.15, 0.2) is 53.4 Å². The number of carbonyl (C=O) groups excluding carboxylic acids is 2. The zero-order valence-electron chi connectivity index (χ0n) is 16.4. The standard InChI is InChI=1S/C20H23FN2O5S/c1-4-23(13-19(24)22-16-6-5-7-17(12-16)28-3)20(25)14(2)29(26,27)18-10-8-15(21)9-11-18/h5-12,14H,4,13H2,1-3H3,(H,22,24). The summed E-state index contributed by atoms with van der Waals surface area (Å²) in [6.45, 7) is 2.74. The predicted octanol–water partition coefficient (Wildman–Crippen LogP) is 2.48. The van der Waals surface area contributed by atoms with Crippen LogP contribution in [0.1, 0.15) is 13.8 Å². The molecule has 7 nitrogen and oxygen atoms in total. The number of anilines is 1. The minimum absolute atomic E-state index is 0.146. The maximum absolute atomic E-state index is 13.1. The molecule has 0 heterocycles. The molecule has 1 atom stereocenters. The molecule has 0 fully saturated rings. The lowest BCUT2D eigenvalue weighted by atomic mass is 10.3. The summed E-state index contributed by atoms with van der Waals surface area (Å²) >= 11 is 0. The number of amides is 2. The number of hydrogen-bond donors (Lipinski definition) is 1. The van der Waals surface area contributed by atoms with E-state index in [-0.39, 0.29) is 18.0 Å². The Kier molecular flexibility index (Phi) is 7.33. The van der Waals surface area contributed by atoms with Gasteiger partial charge in [-0.25, -0.2) is 12.8 Å². The third kappa shape index (κ3) is 5.54. The average molecular weight is 422 g/mol. The second-order valence-electron chi connectivity index (χ2n) is 6.27. The Morgan fingerprint density at radius 3 is 2.41 bits per heavy atom. The monoisotopic (exact) mass is 422 g/mol. The summed E-state index contributed by atoms with van der Waals surface area (Å²) in [6, 6.07) is 11.0. The van der Waals surface area contributed by atoms with Gasteiger partial charge in [0.2, 0.25) is 11.8 Å². The summed E-state index contributed by atoms with van der Waals surface area (Å²) in [5.74, 6) is -1.20. The largest absolute Gasteiger partial charge is 0.497 e. The minimum Gasteiger partial charge on any atom is -0.497 e. The van der Waals surface area contributed by atoms with Crippen molar-refractivity contribution >= 4 is 27.3 Å². The minimum atomic E-state index is -4.02. The van der Waals surface area contributed by atoms with E-state index >= 15 is 0 Å². The van der Waals surface area contributed by atoms with Crippen molar-refractivity contribution in [1.82, 2.24) is 4.90 Å². The number of sulfone groups is 1. The van der Waals surface area contributed by atoms with E-state index in [0.29, 0.717) is 11.4 Å². The van der Waals surface area contributed by atoms with E-state index in [4.69, 9.17) is 4.74 Å². The van der Waals surface area contributed by atoms with Crippen LogP contribution < -0.4 is 10.1 Å². The van der Waals surface area contributed by atoms with E-state index < -0.39 is 32.7 Å². The first kappa shape index (κ1) is 22.4. The van der Waals surface area contributed by atoms with Crippen molar-refractivity contribution in [3.05, 3.63) is 54.3 Å². The van der Waals surface area contributed by atoms with Gasteiger partial charge in [0.1, 0.15) is 16.8 Å². The predicted molar refractivity (Wildman–Crippen MR) is 107 cm³/mol. The molecule has 0 aliphatic carbocycles. The van der Waals surface area contributed by atoms with E-state index in [9.17, 15) is 22.4 Å². The lowest BCUT2D eigenvalue weighted by Crippen LogP contribution is -2.45. The van der Waals surface area contributed by atoms with Crippen molar-refractivity contribution in [3.63, 3.8) is 0 Å². The number of carbonyl (C=O) groups is 2. The molecule has 0 aliphatic rings. The van der Waals surface area contributed by atoms with Gasteiger partial charge in [-0.1, -0.05) is 6.07 Å². The third-order valence-corrected chi connectivity index (χ3v) is 6.40. The first-order valence-electron chi connectivity index (χ1n) is 8.91. The van der Waals surface area contributed by atoms with E-state index in [0.717, 1.165) is 29.2 Å². The summed E-state index contributed by atoms with van der Waals surface area (Å²) in [5.41, 5.74) is 0.491. The Morgan fingerprint density at radius 1 is 1.17 bits per heavy atom. The first-order valence-corrected chi connectivity index (χ1v) is 10.5. The molecule has 156 valence electrons. The number of ether oxygens (including phenoxy) is 1. The summed E-state index contributed by atoms with van der Waals surface area (Å²) in [7, 11) is -2.52. The van der Waals surface area contributed by atoms with E-state index in [1.165, 1.54) is 14.0 Å². The molecule has 0 radical (unpaired) electrons. The zero-order chi connectivity index (χ0) is 21.6. The molecule has 2 amide bonds. The molecule has 2 aromatic rings. The second-order valence-corrected chi connectivity index (χ2v) is 8.54. The molecule has 0 spiro atoms. The molecule has 0 saturated heterocycles. The molecule has 9 heteroatoms. The first-order chi connectivity index (χ1) is 13.7. The van der Waals surface area contributed by atoms with Gasteiger partial charge >= 0.3 is 0 Å². The number of halogens is 1. The molecule has 0 saturated carbocycles. The smallest absolute Gasteiger partial charge is 0.243 e. The molecule has 2 aromatic carbocycles. The number of methoxy groups -OCH3 is 1. The van der Waals surface area contributed by atoms with Crippen LogP contribution in [0.3, 0.4) is 0 Å². The van der Waals surface area contributed by atoms with E-state index in [2.05, 4.69) is 5.32 Å². The Labute approximate surface area is 169 Å². The molecule has 0 aromatic heterocycles. The second kappa shape index (κ2) is 9.51. The normalized spacial score (nSPS) is 12.1. The van der Waals surface area contributed by atoms with Crippen molar-refractivity contribution in [2.45, 2.75) is 24.0 Å². The van der Waals surface area contributed by atoms with E-state index in [1.54, 1.807) is 31.2 Å². The fourth-order valence-corrected chi connectivity index (χ4v) is 3.98. The molecule has 0 aliphatic heterocycles. The molecule has 29 heavy (non-hydrogen) atoms. The van der Waals surface area contributed by atoms with Crippen LogP contribution in [0, 0.1) is 5.82 Å². The van der Waals surface area contributed by atoms with Crippen LogP contribution in [-0.4, -0.2) is 50.6 Å². The zero-order valence-corrected chi connectivity index (χ0v) is 17.2. The Morgan fingerprint density at radius 2 is 1.83 bits per heavy atom. The van der Waals surface area contributed by atoms with Crippen LogP contribution in [0.4, 0.5) is 10.1 Å². The van der Waals surface area contributed by atoms with Crippen LogP contribution in [0.2, 0.25) is 0 Å². The van der Waals surface area contributed by atoms with Crippen molar-refractivity contribution in [2.24, 2.45) is 0 Å². The summed E-state index contributed by atoms with van der Waals surface area (Å²) in [6.07, 6.45) is 0. The fourth-order valence-electron chi connectivity index (χ4n) is 2.64. The Balaban J connectivity index is 2.10. The maximum Gasteiger partial charge on any atom is 0.243 e. The van der Waals surface area contributed by atoms with Gasteiger partial charge in [-0.3, -0.25) is 9.59 Å². The van der Waals surface area contributed by atoms with Gasteiger partial charge in [-0.2, -0.15) is 0 Å². The molecule has 1 N–H and O–H groups in total. The quantitative estimate of drug-likeness (QED) is 0.660. The highest BCUT2D eigenvalue weighted by molar-refractivity contribution is 7.92. The highest BCUT2D eigenvalue weighted by Crippen LogP contribution is 2.19. The van der Waals surface area contributed by atoms with E-state index in [1.807, 2.05) is 0 Å².